The first-order valence-electron chi connectivity index (χ1n) is 4.23. The van der Waals surface area contributed by atoms with Crippen LogP contribution in [0.15, 0.2) is 30.4 Å². The van der Waals surface area contributed by atoms with Crippen molar-refractivity contribution < 1.29 is 14.2 Å². The Morgan fingerprint density at radius 2 is 2.21 bits per heavy atom. The Morgan fingerprint density at radius 1 is 1.57 bits per heavy atom. The molecule has 1 atom stereocenters. The van der Waals surface area contributed by atoms with Gasteiger partial charge in [-0.05, 0) is 24.6 Å². The van der Waals surface area contributed by atoms with Crippen LogP contribution in [-0.2, 0) is 0 Å². The predicted octanol–water partition coefficient (Wildman–Crippen LogP) is 2.44. The maximum absolute atomic E-state index is 13.4. The molecule has 0 amide bonds. The first-order valence-corrected chi connectivity index (χ1v) is 4.23. The summed E-state index contributed by atoms with van der Waals surface area (Å²) in [4.78, 5) is 0. The molecule has 1 rings (SSSR count). The molecule has 1 unspecified atom stereocenters. The topological polar surface area (TPSA) is 29.5 Å². The summed E-state index contributed by atoms with van der Waals surface area (Å²) in [6, 6.07) is 4.33. The lowest BCUT2D eigenvalue weighted by molar-refractivity contribution is 0.210. The van der Waals surface area contributed by atoms with Gasteiger partial charge in [0.2, 0.25) is 0 Å². The van der Waals surface area contributed by atoms with Crippen molar-refractivity contribution in [2.45, 2.75) is 13.0 Å². The molecule has 0 saturated carbocycles. The largest absolute Gasteiger partial charge is 0.497 e. The second-order valence-corrected chi connectivity index (χ2v) is 3.14. The number of benzene rings is 1. The molecule has 0 heterocycles. The molecule has 0 aromatic heterocycles. The molecule has 76 valence electrons. The van der Waals surface area contributed by atoms with E-state index in [9.17, 15) is 9.50 Å². The van der Waals surface area contributed by atoms with Crippen LogP contribution in [0.5, 0.6) is 5.75 Å². The van der Waals surface area contributed by atoms with Crippen LogP contribution in [0.3, 0.4) is 0 Å². The highest BCUT2D eigenvalue weighted by Gasteiger charge is 2.13. The fraction of sp³-hybridized carbons (Fsp3) is 0.273. The summed E-state index contributed by atoms with van der Waals surface area (Å²) in [7, 11) is 1.46. The van der Waals surface area contributed by atoms with Crippen molar-refractivity contribution in [2.75, 3.05) is 7.11 Å². The van der Waals surface area contributed by atoms with Gasteiger partial charge in [-0.3, -0.25) is 0 Å². The number of hydrogen-bond acceptors (Lipinski definition) is 2. The molecule has 0 aliphatic rings. The van der Waals surface area contributed by atoms with E-state index in [1.807, 2.05) is 0 Å². The Morgan fingerprint density at radius 3 is 2.64 bits per heavy atom. The zero-order valence-electron chi connectivity index (χ0n) is 8.25. The quantitative estimate of drug-likeness (QED) is 0.752. The van der Waals surface area contributed by atoms with Gasteiger partial charge in [-0.1, -0.05) is 6.58 Å². The minimum Gasteiger partial charge on any atom is -0.497 e. The number of aliphatic hydroxyl groups is 1. The standard InChI is InChI=1S/C11H13FO2/c1-7(2)11(13)9-5-4-8(14-3)6-10(9)12/h4-6,11,13H,1H2,2-3H3. The van der Waals surface area contributed by atoms with Gasteiger partial charge in [0.25, 0.3) is 0 Å². The zero-order valence-corrected chi connectivity index (χ0v) is 8.25. The van der Waals surface area contributed by atoms with Crippen molar-refractivity contribution in [1.82, 2.24) is 0 Å². The Kier molecular flexibility index (Phi) is 3.25. The van der Waals surface area contributed by atoms with Crippen LogP contribution in [0.2, 0.25) is 0 Å². The van der Waals surface area contributed by atoms with Crippen molar-refractivity contribution >= 4 is 0 Å². The second-order valence-electron chi connectivity index (χ2n) is 3.14. The van der Waals surface area contributed by atoms with Crippen LogP contribution in [-0.4, -0.2) is 12.2 Å². The lowest BCUT2D eigenvalue weighted by atomic mass is 10.0. The van der Waals surface area contributed by atoms with Crippen LogP contribution in [0.4, 0.5) is 4.39 Å². The molecule has 0 saturated heterocycles. The minimum absolute atomic E-state index is 0.221. The third kappa shape index (κ3) is 2.12. The lowest BCUT2D eigenvalue weighted by Gasteiger charge is -2.12. The molecule has 0 bridgehead atoms. The first kappa shape index (κ1) is 10.7. The average Bonchev–Trinajstić information content (AvgIpc) is 2.16. The maximum Gasteiger partial charge on any atom is 0.133 e. The second kappa shape index (κ2) is 4.24. The van der Waals surface area contributed by atoms with E-state index in [0.29, 0.717) is 11.3 Å². The summed E-state index contributed by atoms with van der Waals surface area (Å²) in [6.07, 6.45) is -0.957. The van der Waals surface area contributed by atoms with Gasteiger partial charge in [0.15, 0.2) is 0 Å². The Bertz CT molecular complexity index is 347. The molecular formula is C11H13FO2. The molecule has 0 fully saturated rings. The number of rotatable bonds is 3. The number of aliphatic hydroxyl groups excluding tert-OH is 1. The minimum atomic E-state index is -0.957. The van der Waals surface area contributed by atoms with Crippen LogP contribution < -0.4 is 4.74 Å². The Balaban J connectivity index is 3.05. The van der Waals surface area contributed by atoms with Gasteiger partial charge in [0.05, 0.1) is 7.11 Å². The Labute approximate surface area is 82.6 Å². The van der Waals surface area contributed by atoms with E-state index >= 15 is 0 Å². The Hall–Kier alpha value is -1.35. The van der Waals surface area contributed by atoms with Gasteiger partial charge in [-0.15, -0.1) is 0 Å². The van der Waals surface area contributed by atoms with Gasteiger partial charge >= 0.3 is 0 Å². The third-order valence-corrected chi connectivity index (χ3v) is 1.97. The predicted molar refractivity (Wildman–Crippen MR) is 52.7 cm³/mol. The van der Waals surface area contributed by atoms with E-state index in [1.54, 1.807) is 13.0 Å². The van der Waals surface area contributed by atoms with Crippen LogP contribution >= 0.6 is 0 Å². The molecule has 0 aliphatic carbocycles. The molecule has 0 aliphatic heterocycles. The van der Waals surface area contributed by atoms with E-state index in [-0.39, 0.29) is 5.56 Å². The van der Waals surface area contributed by atoms with E-state index in [2.05, 4.69) is 6.58 Å². The van der Waals surface area contributed by atoms with Crippen molar-refractivity contribution in [2.24, 2.45) is 0 Å². The molecule has 14 heavy (non-hydrogen) atoms. The monoisotopic (exact) mass is 196 g/mol. The van der Waals surface area contributed by atoms with Gasteiger partial charge in [0, 0.05) is 11.6 Å². The van der Waals surface area contributed by atoms with Crippen LogP contribution in [0, 0.1) is 5.82 Å². The molecule has 0 radical (unpaired) electrons. The summed E-state index contributed by atoms with van der Waals surface area (Å²) >= 11 is 0. The molecule has 1 aromatic carbocycles. The molecule has 1 aromatic rings. The van der Waals surface area contributed by atoms with Crippen LogP contribution in [0.25, 0.3) is 0 Å². The number of methoxy groups -OCH3 is 1. The smallest absolute Gasteiger partial charge is 0.133 e. The van der Waals surface area contributed by atoms with Crippen molar-refractivity contribution in [3.63, 3.8) is 0 Å². The van der Waals surface area contributed by atoms with Crippen LogP contribution in [0.1, 0.15) is 18.6 Å². The highest BCUT2D eigenvalue weighted by molar-refractivity contribution is 5.32. The maximum atomic E-state index is 13.4. The SMILES string of the molecule is C=C(C)C(O)c1ccc(OC)cc1F. The number of hydrogen-bond donors (Lipinski definition) is 1. The molecule has 3 heteroatoms. The van der Waals surface area contributed by atoms with E-state index in [4.69, 9.17) is 4.74 Å². The van der Waals surface area contributed by atoms with Crippen molar-refractivity contribution in [3.05, 3.63) is 41.7 Å². The highest BCUT2D eigenvalue weighted by Crippen LogP contribution is 2.25. The fourth-order valence-electron chi connectivity index (χ4n) is 1.12. The third-order valence-electron chi connectivity index (χ3n) is 1.97. The summed E-state index contributed by atoms with van der Waals surface area (Å²) < 4.78 is 18.2. The van der Waals surface area contributed by atoms with Crippen molar-refractivity contribution in [1.29, 1.82) is 0 Å². The van der Waals surface area contributed by atoms with E-state index in [1.165, 1.54) is 19.2 Å². The van der Waals surface area contributed by atoms with Gasteiger partial charge in [-0.2, -0.15) is 0 Å². The first-order chi connectivity index (χ1) is 6.56. The van der Waals surface area contributed by atoms with Crippen molar-refractivity contribution in [3.8, 4) is 5.75 Å². The summed E-state index contributed by atoms with van der Waals surface area (Å²) in [5.41, 5.74) is 0.729. The molecule has 2 nitrogen and oxygen atoms in total. The van der Waals surface area contributed by atoms with Gasteiger partial charge in [-0.25, -0.2) is 4.39 Å². The lowest BCUT2D eigenvalue weighted by Crippen LogP contribution is -2.01. The van der Waals surface area contributed by atoms with Gasteiger partial charge in [0.1, 0.15) is 17.7 Å². The molecule has 0 spiro atoms. The number of halogens is 1. The summed E-state index contributed by atoms with van der Waals surface area (Å²) in [5.74, 6) is -0.0555. The zero-order chi connectivity index (χ0) is 10.7. The molecule has 1 N–H and O–H groups in total. The highest BCUT2D eigenvalue weighted by atomic mass is 19.1. The number of ether oxygens (including phenoxy) is 1. The average molecular weight is 196 g/mol. The fourth-order valence-corrected chi connectivity index (χ4v) is 1.12. The summed E-state index contributed by atoms with van der Waals surface area (Å²) in [6.45, 7) is 5.21. The molecular weight excluding hydrogens is 183 g/mol. The van der Waals surface area contributed by atoms with E-state index in [0.717, 1.165) is 0 Å². The normalized spacial score (nSPS) is 12.3. The summed E-state index contributed by atoms with van der Waals surface area (Å²) in [5, 5.41) is 9.56. The van der Waals surface area contributed by atoms with Gasteiger partial charge < -0.3 is 9.84 Å². The van der Waals surface area contributed by atoms with E-state index < -0.39 is 11.9 Å².